The molecule has 0 radical (unpaired) electrons. The van der Waals surface area contributed by atoms with Gasteiger partial charge in [-0.25, -0.2) is 0 Å². The van der Waals surface area contributed by atoms with Crippen molar-refractivity contribution in [2.24, 2.45) is 0 Å². The van der Waals surface area contributed by atoms with Crippen molar-refractivity contribution in [1.82, 2.24) is 0 Å². The van der Waals surface area contributed by atoms with Crippen LogP contribution in [-0.4, -0.2) is 68.1 Å². The van der Waals surface area contributed by atoms with E-state index in [4.69, 9.17) is 9.84 Å². The fraction of sp³-hybridized carbons (Fsp3) is 0.462. The second kappa shape index (κ2) is 5.57. The molecule has 1 fully saturated rings. The summed E-state index contributed by atoms with van der Waals surface area (Å²) in [4.78, 5) is 12.4. The van der Waals surface area contributed by atoms with Crippen LogP contribution in [0.5, 0.6) is 0 Å². The van der Waals surface area contributed by atoms with E-state index in [1.54, 1.807) is 18.2 Å². The molecule has 0 unspecified atom stereocenters. The van der Waals surface area contributed by atoms with Gasteiger partial charge in [0.1, 0.15) is 18.3 Å². The highest BCUT2D eigenvalue weighted by Gasteiger charge is 2.61. The van der Waals surface area contributed by atoms with Crippen molar-refractivity contribution in [3.8, 4) is 0 Å². The molecule has 0 bridgehead atoms. The zero-order chi connectivity index (χ0) is 14.9. The van der Waals surface area contributed by atoms with Crippen LogP contribution in [0.2, 0.25) is 0 Å². The minimum absolute atomic E-state index is 0.0851. The van der Waals surface area contributed by atoms with Gasteiger partial charge in [-0.15, -0.1) is 0 Å². The van der Waals surface area contributed by atoms with Crippen LogP contribution in [0.25, 0.3) is 0 Å². The molecule has 1 aliphatic heterocycles. The number of Topliss-reactive ketones (excluding diaryl/α,β-unsaturated/α-hetero) is 1. The first-order chi connectivity index (χ1) is 9.42. The van der Waals surface area contributed by atoms with Gasteiger partial charge in [-0.1, -0.05) is 30.3 Å². The third-order valence-corrected chi connectivity index (χ3v) is 3.38. The van der Waals surface area contributed by atoms with Crippen molar-refractivity contribution < 1.29 is 35.1 Å². The number of hydrogen-bond donors (Lipinski definition) is 5. The van der Waals surface area contributed by atoms with E-state index in [-0.39, 0.29) is 5.56 Å². The predicted octanol–water partition coefficient (Wildman–Crippen LogP) is -1.97. The first-order valence-corrected chi connectivity index (χ1v) is 6.05. The van der Waals surface area contributed by atoms with Crippen molar-refractivity contribution in [2.75, 3.05) is 6.61 Å². The second-order valence-corrected chi connectivity index (χ2v) is 4.66. The minimum atomic E-state index is -2.54. The summed E-state index contributed by atoms with van der Waals surface area (Å²) in [5.74, 6) is -0.903. The summed E-state index contributed by atoms with van der Waals surface area (Å²) in [6, 6.07) is 7.62. The van der Waals surface area contributed by atoms with Gasteiger partial charge in [-0.3, -0.25) is 4.79 Å². The van der Waals surface area contributed by atoms with Gasteiger partial charge >= 0.3 is 0 Å². The fourth-order valence-electron chi connectivity index (χ4n) is 2.28. The van der Waals surface area contributed by atoms with Crippen molar-refractivity contribution in [3.63, 3.8) is 0 Å². The van der Waals surface area contributed by atoms with Crippen molar-refractivity contribution >= 4 is 5.78 Å². The molecule has 5 atom stereocenters. The first-order valence-electron chi connectivity index (χ1n) is 6.05. The molecule has 1 heterocycles. The monoisotopic (exact) mass is 284 g/mol. The summed E-state index contributed by atoms with van der Waals surface area (Å²) in [6.45, 7) is -0.797. The Bertz CT molecular complexity index is 477. The van der Waals surface area contributed by atoms with Gasteiger partial charge in [0.05, 0.1) is 6.61 Å². The Labute approximate surface area is 114 Å². The highest BCUT2D eigenvalue weighted by molar-refractivity contribution is 6.03. The van der Waals surface area contributed by atoms with Crippen LogP contribution in [0.4, 0.5) is 0 Å². The van der Waals surface area contributed by atoms with Crippen LogP contribution in [0, 0.1) is 0 Å². The van der Waals surface area contributed by atoms with Crippen LogP contribution in [0.15, 0.2) is 30.3 Å². The zero-order valence-corrected chi connectivity index (χ0v) is 10.5. The summed E-state index contributed by atoms with van der Waals surface area (Å²) >= 11 is 0. The van der Waals surface area contributed by atoms with E-state index in [2.05, 4.69) is 0 Å². The van der Waals surface area contributed by atoms with E-state index in [1.165, 1.54) is 12.1 Å². The molecule has 5 N–H and O–H groups in total. The van der Waals surface area contributed by atoms with Crippen LogP contribution in [0.3, 0.4) is 0 Å². The lowest BCUT2D eigenvalue weighted by Gasteiger charge is -2.31. The van der Waals surface area contributed by atoms with Gasteiger partial charge in [0.2, 0.25) is 0 Å². The quantitative estimate of drug-likeness (QED) is 0.406. The lowest BCUT2D eigenvalue weighted by Crippen LogP contribution is -2.58. The van der Waals surface area contributed by atoms with Crippen LogP contribution >= 0.6 is 0 Å². The molecule has 1 aliphatic rings. The molecule has 1 aromatic rings. The Kier molecular flexibility index (Phi) is 4.19. The summed E-state index contributed by atoms with van der Waals surface area (Å²) in [5.41, 5.74) is -2.45. The molecule has 1 aromatic carbocycles. The normalized spacial score (nSPS) is 35.0. The summed E-state index contributed by atoms with van der Waals surface area (Å²) in [7, 11) is 0. The molecule has 2 rings (SSSR count). The van der Waals surface area contributed by atoms with E-state index in [1.807, 2.05) is 0 Å². The molecule has 110 valence electrons. The third-order valence-electron chi connectivity index (χ3n) is 3.38. The Hall–Kier alpha value is -1.35. The SMILES string of the molecule is O=C(c1ccccc1)[C@]1(O)[C@H](O)[C@H](O)O[C@H]1[C@H](O)CO. The summed E-state index contributed by atoms with van der Waals surface area (Å²) in [6.07, 6.45) is -7.02. The Morgan fingerprint density at radius 2 is 1.90 bits per heavy atom. The number of aliphatic hydroxyl groups excluding tert-OH is 4. The molecule has 0 saturated carbocycles. The number of carbonyl (C=O) groups excluding carboxylic acids is 1. The van der Waals surface area contributed by atoms with Crippen LogP contribution in [-0.2, 0) is 4.74 Å². The number of rotatable bonds is 4. The molecule has 20 heavy (non-hydrogen) atoms. The highest BCUT2D eigenvalue weighted by Crippen LogP contribution is 2.35. The standard InChI is InChI=1S/C13H16O7/c14-6-8(15)11-13(19,10(17)12(18)20-11)9(16)7-4-2-1-3-5-7/h1-5,8,10-12,14-15,17-19H,6H2/t8-,10-,11+,12-,13+/m1/s1. The number of ketones is 1. The van der Waals surface area contributed by atoms with Gasteiger partial charge in [-0.2, -0.15) is 0 Å². The van der Waals surface area contributed by atoms with Crippen LogP contribution < -0.4 is 0 Å². The molecule has 0 amide bonds. The average Bonchev–Trinajstić information content (AvgIpc) is 2.72. The summed E-state index contributed by atoms with van der Waals surface area (Å²) in [5, 5.41) is 48.3. The molecule has 0 spiro atoms. The maximum absolute atomic E-state index is 12.4. The van der Waals surface area contributed by atoms with Gasteiger partial charge in [0.15, 0.2) is 17.7 Å². The Balaban J connectivity index is 2.40. The summed E-state index contributed by atoms with van der Waals surface area (Å²) < 4.78 is 4.81. The van der Waals surface area contributed by atoms with E-state index >= 15 is 0 Å². The zero-order valence-electron chi connectivity index (χ0n) is 10.5. The minimum Gasteiger partial charge on any atom is -0.394 e. The van der Waals surface area contributed by atoms with Crippen LogP contribution in [0.1, 0.15) is 10.4 Å². The molecular formula is C13H16O7. The first kappa shape index (κ1) is 15.0. The van der Waals surface area contributed by atoms with Gasteiger partial charge < -0.3 is 30.3 Å². The maximum Gasteiger partial charge on any atom is 0.200 e. The molecular weight excluding hydrogens is 268 g/mol. The second-order valence-electron chi connectivity index (χ2n) is 4.66. The largest absolute Gasteiger partial charge is 0.394 e. The predicted molar refractivity (Wildman–Crippen MR) is 65.7 cm³/mol. The Morgan fingerprint density at radius 1 is 1.30 bits per heavy atom. The number of aliphatic hydroxyl groups is 5. The number of ether oxygens (including phenoxy) is 1. The maximum atomic E-state index is 12.4. The van der Waals surface area contributed by atoms with E-state index < -0.39 is 42.6 Å². The highest BCUT2D eigenvalue weighted by atomic mass is 16.7. The van der Waals surface area contributed by atoms with Crippen molar-refractivity contribution in [3.05, 3.63) is 35.9 Å². The number of carbonyl (C=O) groups is 1. The lowest BCUT2D eigenvalue weighted by molar-refractivity contribution is -0.152. The smallest absolute Gasteiger partial charge is 0.200 e. The average molecular weight is 284 g/mol. The lowest BCUT2D eigenvalue weighted by atomic mass is 9.82. The van der Waals surface area contributed by atoms with E-state index in [0.29, 0.717) is 0 Å². The van der Waals surface area contributed by atoms with Gasteiger partial charge in [0, 0.05) is 5.56 Å². The third kappa shape index (κ3) is 2.24. The van der Waals surface area contributed by atoms with Crippen molar-refractivity contribution in [1.29, 1.82) is 0 Å². The molecule has 0 aliphatic carbocycles. The molecule has 1 saturated heterocycles. The topological polar surface area (TPSA) is 127 Å². The molecule has 7 nitrogen and oxygen atoms in total. The van der Waals surface area contributed by atoms with Crippen molar-refractivity contribution in [2.45, 2.75) is 30.2 Å². The van der Waals surface area contributed by atoms with E-state index in [9.17, 15) is 25.2 Å². The molecule has 0 aromatic heterocycles. The van der Waals surface area contributed by atoms with E-state index in [0.717, 1.165) is 0 Å². The number of hydrogen-bond acceptors (Lipinski definition) is 7. The van der Waals surface area contributed by atoms with Gasteiger partial charge in [-0.05, 0) is 0 Å². The fourth-order valence-corrected chi connectivity index (χ4v) is 2.28. The van der Waals surface area contributed by atoms with Gasteiger partial charge in [0.25, 0.3) is 0 Å². The Morgan fingerprint density at radius 3 is 2.45 bits per heavy atom. The number of benzene rings is 1. The molecule has 7 heteroatoms.